The second-order valence-corrected chi connectivity index (χ2v) is 4.33. The molecule has 3 heteroatoms. The third-order valence-electron chi connectivity index (χ3n) is 1.95. The number of benzene rings is 1. The van der Waals surface area contributed by atoms with Crippen molar-refractivity contribution >= 4 is 21.4 Å². The van der Waals surface area contributed by atoms with Gasteiger partial charge in [-0.15, -0.1) is 11.3 Å². The van der Waals surface area contributed by atoms with Crippen molar-refractivity contribution in [2.75, 3.05) is 0 Å². The van der Waals surface area contributed by atoms with E-state index < -0.39 is 0 Å². The SMILES string of the molecule is Cc1cc2cc(CON)ccc2s1. The summed E-state index contributed by atoms with van der Waals surface area (Å²) in [6.45, 7) is 2.59. The summed E-state index contributed by atoms with van der Waals surface area (Å²) in [6.07, 6.45) is 0. The molecule has 0 amide bonds. The van der Waals surface area contributed by atoms with Gasteiger partial charge in [0.15, 0.2) is 0 Å². The molecule has 0 radical (unpaired) electrons. The summed E-state index contributed by atoms with van der Waals surface area (Å²) in [5.74, 6) is 5.01. The van der Waals surface area contributed by atoms with Gasteiger partial charge in [-0.3, -0.25) is 4.84 Å². The molecule has 0 spiro atoms. The molecular weight excluding hydrogens is 182 g/mol. The molecule has 2 rings (SSSR count). The summed E-state index contributed by atoms with van der Waals surface area (Å²) >= 11 is 1.81. The molecule has 68 valence electrons. The fourth-order valence-corrected chi connectivity index (χ4v) is 2.32. The van der Waals surface area contributed by atoms with Crippen LogP contribution >= 0.6 is 11.3 Å². The fraction of sp³-hybridized carbons (Fsp3) is 0.200. The van der Waals surface area contributed by atoms with Gasteiger partial charge < -0.3 is 0 Å². The van der Waals surface area contributed by atoms with Crippen molar-refractivity contribution in [1.29, 1.82) is 0 Å². The van der Waals surface area contributed by atoms with Crippen molar-refractivity contribution in [3.8, 4) is 0 Å². The quantitative estimate of drug-likeness (QED) is 0.744. The predicted molar refractivity (Wildman–Crippen MR) is 55.5 cm³/mol. The van der Waals surface area contributed by atoms with Gasteiger partial charge in [0.1, 0.15) is 0 Å². The molecule has 0 saturated heterocycles. The van der Waals surface area contributed by atoms with E-state index >= 15 is 0 Å². The monoisotopic (exact) mass is 193 g/mol. The van der Waals surface area contributed by atoms with E-state index in [1.165, 1.54) is 15.0 Å². The molecule has 1 heterocycles. The van der Waals surface area contributed by atoms with E-state index in [-0.39, 0.29) is 0 Å². The van der Waals surface area contributed by atoms with Gasteiger partial charge in [0.25, 0.3) is 0 Å². The third kappa shape index (κ3) is 1.72. The van der Waals surface area contributed by atoms with E-state index in [4.69, 9.17) is 5.90 Å². The van der Waals surface area contributed by atoms with E-state index in [1.807, 2.05) is 6.07 Å². The van der Waals surface area contributed by atoms with Gasteiger partial charge in [0.2, 0.25) is 0 Å². The zero-order valence-corrected chi connectivity index (χ0v) is 8.23. The molecule has 0 aliphatic rings. The maximum Gasteiger partial charge on any atom is 0.0930 e. The minimum absolute atomic E-state index is 0.477. The maximum absolute atomic E-state index is 5.01. The van der Waals surface area contributed by atoms with Crippen molar-refractivity contribution in [3.63, 3.8) is 0 Å². The average molecular weight is 193 g/mol. The van der Waals surface area contributed by atoms with E-state index in [0.717, 1.165) is 5.56 Å². The van der Waals surface area contributed by atoms with Crippen LogP contribution in [0.3, 0.4) is 0 Å². The average Bonchev–Trinajstić information content (AvgIpc) is 2.44. The lowest BCUT2D eigenvalue weighted by molar-refractivity contribution is 0.124. The third-order valence-corrected chi connectivity index (χ3v) is 2.99. The van der Waals surface area contributed by atoms with E-state index in [0.29, 0.717) is 6.61 Å². The first-order valence-corrected chi connectivity index (χ1v) is 4.92. The molecule has 2 N–H and O–H groups in total. The van der Waals surface area contributed by atoms with Crippen molar-refractivity contribution in [3.05, 3.63) is 34.7 Å². The lowest BCUT2D eigenvalue weighted by atomic mass is 10.2. The Balaban J connectivity index is 2.48. The Morgan fingerprint density at radius 3 is 3.00 bits per heavy atom. The van der Waals surface area contributed by atoms with Crippen molar-refractivity contribution in [2.45, 2.75) is 13.5 Å². The normalized spacial score (nSPS) is 10.9. The van der Waals surface area contributed by atoms with Crippen LogP contribution in [0.5, 0.6) is 0 Å². The first-order valence-electron chi connectivity index (χ1n) is 4.10. The highest BCUT2D eigenvalue weighted by Crippen LogP contribution is 2.25. The first kappa shape index (κ1) is 8.69. The minimum Gasteiger partial charge on any atom is -0.300 e. The molecule has 0 fully saturated rings. The predicted octanol–water partition coefficient (Wildman–Crippen LogP) is 2.60. The summed E-state index contributed by atoms with van der Waals surface area (Å²) < 4.78 is 1.32. The van der Waals surface area contributed by atoms with Crippen LogP contribution in [0.25, 0.3) is 10.1 Å². The molecule has 0 aliphatic carbocycles. The molecule has 0 aliphatic heterocycles. The molecule has 13 heavy (non-hydrogen) atoms. The van der Waals surface area contributed by atoms with Crippen LogP contribution in [0, 0.1) is 6.92 Å². The minimum atomic E-state index is 0.477. The van der Waals surface area contributed by atoms with E-state index in [1.54, 1.807) is 11.3 Å². The molecule has 0 unspecified atom stereocenters. The Kier molecular flexibility index (Phi) is 2.31. The van der Waals surface area contributed by atoms with Gasteiger partial charge in [0, 0.05) is 9.58 Å². The van der Waals surface area contributed by atoms with Crippen LogP contribution < -0.4 is 5.90 Å². The molecule has 0 bridgehead atoms. The lowest BCUT2D eigenvalue weighted by Gasteiger charge is -1.97. The molecule has 1 aromatic heterocycles. The Bertz CT molecular complexity index is 422. The van der Waals surface area contributed by atoms with Crippen LogP contribution in [0.2, 0.25) is 0 Å². The zero-order valence-electron chi connectivity index (χ0n) is 7.41. The number of nitrogens with two attached hydrogens (primary N) is 1. The number of hydrogen-bond donors (Lipinski definition) is 1. The molecule has 1 aromatic carbocycles. The highest BCUT2D eigenvalue weighted by atomic mass is 32.1. The number of hydrogen-bond acceptors (Lipinski definition) is 3. The summed E-state index contributed by atoms with van der Waals surface area (Å²) in [6, 6.07) is 8.46. The van der Waals surface area contributed by atoms with Gasteiger partial charge in [-0.05, 0) is 36.1 Å². The number of thiophene rings is 1. The summed E-state index contributed by atoms with van der Waals surface area (Å²) in [5, 5.41) is 1.28. The van der Waals surface area contributed by atoms with Crippen molar-refractivity contribution in [1.82, 2.24) is 0 Å². The molecule has 0 saturated carbocycles. The van der Waals surface area contributed by atoms with Crippen LogP contribution in [0.15, 0.2) is 24.3 Å². The summed E-state index contributed by atoms with van der Waals surface area (Å²) in [4.78, 5) is 5.92. The molecule has 0 atom stereocenters. The number of aryl methyl sites for hydroxylation is 1. The van der Waals surface area contributed by atoms with E-state index in [2.05, 4.69) is 30.0 Å². The number of fused-ring (bicyclic) bond motifs is 1. The number of rotatable bonds is 2. The molecular formula is C10H11NOS. The Morgan fingerprint density at radius 2 is 2.23 bits per heavy atom. The Labute approximate surface area is 80.9 Å². The summed E-state index contributed by atoms with van der Waals surface area (Å²) in [7, 11) is 0. The second kappa shape index (κ2) is 3.46. The summed E-state index contributed by atoms with van der Waals surface area (Å²) in [5.41, 5.74) is 1.12. The highest BCUT2D eigenvalue weighted by molar-refractivity contribution is 7.19. The van der Waals surface area contributed by atoms with Crippen molar-refractivity contribution < 1.29 is 4.84 Å². The zero-order chi connectivity index (χ0) is 9.26. The molecule has 2 nitrogen and oxygen atoms in total. The van der Waals surface area contributed by atoms with Gasteiger partial charge in [-0.2, -0.15) is 0 Å². The topological polar surface area (TPSA) is 35.2 Å². The van der Waals surface area contributed by atoms with Gasteiger partial charge in [0.05, 0.1) is 6.61 Å². The van der Waals surface area contributed by atoms with Gasteiger partial charge >= 0.3 is 0 Å². The molecule has 2 aromatic rings. The van der Waals surface area contributed by atoms with Crippen molar-refractivity contribution in [2.24, 2.45) is 5.90 Å². The maximum atomic E-state index is 5.01. The Hall–Kier alpha value is -0.900. The van der Waals surface area contributed by atoms with Gasteiger partial charge in [-0.25, -0.2) is 5.90 Å². The van der Waals surface area contributed by atoms with Gasteiger partial charge in [-0.1, -0.05) is 6.07 Å². The van der Waals surface area contributed by atoms with E-state index in [9.17, 15) is 0 Å². The standard InChI is InChI=1S/C10H11NOS/c1-7-4-9-5-8(6-12-11)2-3-10(9)13-7/h2-5H,6,11H2,1H3. The van der Waals surface area contributed by atoms with Crippen LogP contribution in [-0.2, 0) is 11.4 Å². The Morgan fingerprint density at radius 1 is 1.38 bits per heavy atom. The van der Waals surface area contributed by atoms with Crippen LogP contribution in [0.1, 0.15) is 10.4 Å². The second-order valence-electron chi connectivity index (χ2n) is 3.04. The lowest BCUT2D eigenvalue weighted by Crippen LogP contribution is -1.98. The highest BCUT2D eigenvalue weighted by Gasteiger charge is 1.99. The van der Waals surface area contributed by atoms with Crippen LogP contribution in [0.4, 0.5) is 0 Å². The fourth-order valence-electron chi connectivity index (χ4n) is 1.41. The first-order chi connectivity index (χ1) is 6.29. The van der Waals surface area contributed by atoms with Crippen LogP contribution in [-0.4, -0.2) is 0 Å². The largest absolute Gasteiger partial charge is 0.300 e. The smallest absolute Gasteiger partial charge is 0.0930 e.